The van der Waals surface area contributed by atoms with Gasteiger partial charge >= 0.3 is 0 Å². The van der Waals surface area contributed by atoms with Crippen LogP contribution in [0.15, 0.2) is 22.7 Å². The van der Waals surface area contributed by atoms with Crippen LogP contribution < -0.4 is 10.1 Å². The Morgan fingerprint density at radius 3 is 2.81 bits per heavy atom. The molecule has 116 valence electrons. The van der Waals surface area contributed by atoms with Crippen molar-refractivity contribution in [2.45, 2.75) is 63.8 Å². The number of nitrogens with one attached hydrogen (secondary N) is 1. The Labute approximate surface area is 135 Å². The fraction of sp³-hybridized carbons (Fsp3) is 0.647. The molecule has 1 aromatic rings. The highest BCUT2D eigenvalue weighted by molar-refractivity contribution is 9.10. The van der Waals surface area contributed by atoms with Crippen molar-refractivity contribution in [3.63, 3.8) is 0 Å². The average molecular weight is 354 g/mol. The van der Waals surface area contributed by atoms with Crippen LogP contribution in [0, 0.1) is 0 Å². The zero-order valence-corrected chi connectivity index (χ0v) is 14.4. The predicted octanol–water partition coefficient (Wildman–Crippen LogP) is 4.04. The lowest BCUT2D eigenvalue weighted by Crippen LogP contribution is -2.24. The van der Waals surface area contributed by atoms with Gasteiger partial charge in [-0.1, -0.05) is 12.1 Å². The Morgan fingerprint density at radius 1 is 1.33 bits per heavy atom. The van der Waals surface area contributed by atoms with Gasteiger partial charge < -0.3 is 14.8 Å². The maximum absolute atomic E-state index is 6.09. The van der Waals surface area contributed by atoms with Crippen molar-refractivity contribution in [2.75, 3.05) is 6.61 Å². The van der Waals surface area contributed by atoms with Crippen LogP contribution in [0.5, 0.6) is 5.75 Å². The molecule has 1 unspecified atom stereocenters. The number of ether oxygens (including phenoxy) is 2. The SMILES string of the molecule is CC1(C)CCC(COc2c(Br)cccc2CNC2CC2)O1. The number of halogens is 1. The lowest BCUT2D eigenvalue weighted by atomic mass is 10.1. The van der Waals surface area contributed by atoms with Crippen LogP contribution in [-0.4, -0.2) is 24.4 Å². The van der Waals surface area contributed by atoms with Crippen molar-refractivity contribution in [2.24, 2.45) is 0 Å². The lowest BCUT2D eigenvalue weighted by molar-refractivity contribution is -0.0328. The first-order chi connectivity index (χ1) is 10.0. The molecule has 1 aliphatic carbocycles. The van der Waals surface area contributed by atoms with Crippen LogP contribution in [0.4, 0.5) is 0 Å². The van der Waals surface area contributed by atoms with Gasteiger partial charge in [0, 0.05) is 18.2 Å². The largest absolute Gasteiger partial charge is 0.489 e. The van der Waals surface area contributed by atoms with Gasteiger partial charge in [0.1, 0.15) is 12.4 Å². The zero-order chi connectivity index (χ0) is 14.9. The van der Waals surface area contributed by atoms with E-state index in [1.54, 1.807) is 0 Å². The summed E-state index contributed by atoms with van der Waals surface area (Å²) in [6, 6.07) is 6.94. The summed E-state index contributed by atoms with van der Waals surface area (Å²) in [4.78, 5) is 0. The van der Waals surface area contributed by atoms with Crippen LogP contribution in [-0.2, 0) is 11.3 Å². The monoisotopic (exact) mass is 353 g/mol. The second kappa shape index (κ2) is 6.27. The van der Waals surface area contributed by atoms with Crippen LogP contribution in [0.3, 0.4) is 0 Å². The predicted molar refractivity (Wildman–Crippen MR) is 87.7 cm³/mol. The summed E-state index contributed by atoms with van der Waals surface area (Å²) in [5, 5.41) is 3.55. The third-order valence-corrected chi connectivity index (χ3v) is 4.80. The second-order valence-electron chi connectivity index (χ2n) is 6.73. The summed E-state index contributed by atoms with van der Waals surface area (Å²) in [6.07, 6.45) is 4.99. The molecule has 4 heteroatoms. The molecule has 1 atom stereocenters. The van der Waals surface area contributed by atoms with Gasteiger partial charge in [-0.15, -0.1) is 0 Å². The smallest absolute Gasteiger partial charge is 0.138 e. The molecule has 1 saturated heterocycles. The van der Waals surface area contributed by atoms with E-state index in [-0.39, 0.29) is 11.7 Å². The van der Waals surface area contributed by atoms with E-state index in [0.29, 0.717) is 12.6 Å². The van der Waals surface area contributed by atoms with Crippen molar-refractivity contribution >= 4 is 15.9 Å². The molecule has 21 heavy (non-hydrogen) atoms. The van der Waals surface area contributed by atoms with Crippen LogP contribution in [0.1, 0.15) is 45.1 Å². The third kappa shape index (κ3) is 4.21. The van der Waals surface area contributed by atoms with Crippen LogP contribution in [0.2, 0.25) is 0 Å². The quantitative estimate of drug-likeness (QED) is 0.837. The summed E-state index contributed by atoms with van der Waals surface area (Å²) < 4.78 is 13.1. The van der Waals surface area contributed by atoms with Gasteiger partial charge in [-0.25, -0.2) is 0 Å². The molecule has 1 aliphatic heterocycles. The molecule has 1 aromatic carbocycles. The van der Waals surface area contributed by atoms with E-state index in [1.165, 1.54) is 18.4 Å². The number of rotatable bonds is 6. The minimum absolute atomic E-state index is 0.00168. The molecule has 2 aliphatic rings. The molecule has 1 heterocycles. The number of hydrogen-bond acceptors (Lipinski definition) is 3. The zero-order valence-electron chi connectivity index (χ0n) is 12.8. The summed E-state index contributed by atoms with van der Waals surface area (Å²) >= 11 is 3.61. The van der Waals surface area contributed by atoms with E-state index < -0.39 is 0 Å². The topological polar surface area (TPSA) is 30.5 Å². The normalized spacial score (nSPS) is 24.2. The third-order valence-electron chi connectivity index (χ3n) is 4.17. The van der Waals surface area contributed by atoms with Gasteiger partial charge in [0.25, 0.3) is 0 Å². The number of para-hydroxylation sites is 1. The first-order valence-corrected chi connectivity index (χ1v) is 8.64. The summed E-state index contributed by atoms with van der Waals surface area (Å²) in [7, 11) is 0. The van der Waals surface area contributed by atoms with Gasteiger partial charge in [0.15, 0.2) is 0 Å². The van der Waals surface area contributed by atoms with Crippen molar-refractivity contribution in [3.05, 3.63) is 28.2 Å². The van der Waals surface area contributed by atoms with E-state index >= 15 is 0 Å². The molecule has 1 saturated carbocycles. The van der Waals surface area contributed by atoms with Crippen LogP contribution in [0.25, 0.3) is 0 Å². The van der Waals surface area contributed by atoms with Gasteiger partial charge in [-0.2, -0.15) is 0 Å². The Bertz CT molecular complexity index is 500. The lowest BCUT2D eigenvalue weighted by Gasteiger charge is -2.20. The first kappa shape index (κ1) is 15.3. The van der Waals surface area contributed by atoms with Gasteiger partial charge in [-0.05, 0) is 61.5 Å². The molecule has 1 N–H and O–H groups in total. The number of hydrogen-bond donors (Lipinski definition) is 1. The summed E-state index contributed by atoms with van der Waals surface area (Å²) in [6.45, 7) is 5.80. The van der Waals surface area contributed by atoms with E-state index in [4.69, 9.17) is 9.47 Å². The van der Waals surface area contributed by atoms with Crippen molar-refractivity contribution in [1.29, 1.82) is 0 Å². The molecule has 3 nitrogen and oxygen atoms in total. The van der Waals surface area contributed by atoms with Gasteiger partial charge in [0.2, 0.25) is 0 Å². The van der Waals surface area contributed by atoms with E-state index in [9.17, 15) is 0 Å². The Hall–Kier alpha value is -0.580. The highest BCUT2D eigenvalue weighted by Gasteiger charge is 2.32. The molecule has 0 radical (unpaired) electrons. The van der Waals surface area contributed by atoms with E-state index in [2.05, 4.69) is 47.2 Å². The molecule has 0 bridgehead atoms. The molecule has 0 spiro atoms. The molecular weight excluding hydrogens is 330 g/mol. The van der Waals surface area contributed by atoms with Crippen molar-refractivity contribution < 1.29 is 9.47 Å². The Balaban J connectivity index is 1.60. The molecular formula is C17H24BrNO2. The van der Waals surface area contributed by atoms with E-state index in [0.717, 1.165) is 29.6 Å². The standard InChI is InChI=1S/C17H24BrNO2/c1-17(2)9-8-14(21-17)11-20-16-12(4-3-5-15(16)18)10-19-13-6-7-13/h3-5,13-14,19H,6-11H2,1-2H3. The van der Waals surface area contributed by atoms with Crippen LogP contribution >= 0.6 is 15.9 Å². The maximum Gasteiger partial charge on any atom is 0.138 e. The van der Waals surface area contributed by atoms with E-state index in [1.807, 2.05) is 6.07 Å². The van der Waals surface area contributed by atoms with Gasteiger partial charge in [-0.3, -0.25) is 0 Å². The fourth-order valence-corrected chi connectivity index (χ4v) is 3.29. The van der Waals surface area contributed by atoms with Crippen molar-refractivity contribution in [3.8, 4) is 5.75 Å². The first-order valence-electron chi connectivity index (χ1n) is 7.85. The summed E-state index contributed by atoms with van der Waals surface area (Å²) in [5.74, 6) is 0.957. The minimum Gasteiger partial charge on any atom is -0.489 e. The number of benzene rings is 1. The minimum atomic E-state index is -0.00168. The highest BCUT2D eigenvalue weighted by Crippen LogP contribution is 2.33. The average Bonchev–Trinajstić information content (AvgIpc) is 3.19. The highest BCUT2D eigenvalue weighted by atomic mass is 79.9. The summed E-state index contributed by atoms with van der Waals surface area (Å²) in [5.41, 5.74) is 1.21. The molecule has 0 amide bonds. The fourth-order valence-electron chi connectivity index (χ4n) is 2.77. The molecule has 2 fully saturated rings. The maximum atomic E-state index is 6.09. The second-order valence-corrected chi connectivity index (χ2v) is 7.59. The van der Waals surface area contributed by atoms with Crippen molar-refractivity contribution in [1.82, 2.24) is 5.32 Å². The Morgan fingerprint density at radius 2 is 2.14 bits per heavy atom. The molecule has 3 rings (SSSR count). The Kier molecular flexibility index (Phi) is 4.57. The van der Waals surface area contributed by atoms with Gasteiger partial charge in [0.05, 0.1) is 16.2 Å². The molecule has 0 aromatic heterocycles.